The summed E-state index contributed by atoms with van der Waals surface area (Å²) in [6.07, 6.45) is 16.7. The van der Waals surface area contributed by atoms with E-state index >= 15 is 0 Å². The molecule has 1 fully saturated rings. The standard InChI is InChI=1S/C24H37FO/c1-2-3-4-5-6-7-8-9-10-11-24(26)22-14-12-20(13-15-22)21-16-18-23(25)19-17-21/h16-20,22H,2-15H2,1H3/t20-,22-. The van der Waals surface area contributed by atoms with Gasteiger partial charge in [-0.3, -0.25) is 4.79 Å². The van der Waals surface area contributed by atoms with Gasteiger partial charge in [0.2, 0.25) is 0 Å². The summed E-state index contributed by atoms with van der Waals surface area (Å²) in [5.74, 6) is 1.11. The third kappa shape index (κ3) is 7.60. The third-order valence-electron chi connectivity index (χ3n) is 6.05. The topological polar surface area (TPSA) is 17.1 Å². The fraction of sp³-hybridized carbons (Fsp3) is 0.708. The van der Waals surface area contributed by atoms with Gasteiger partial charge in [0.1, 0.15) is 11.6 Å². The molecule has 1 aliphatic carbocycles. The number of unbranched alkanes of at least 4 members (excludes halogenated alkanes) is 8. The number of hydrogen-bond acceptors (Lipinski definition) is 1. The molecule has 0 heterocycles. The molecule has 146 valence electrons. The third-order valence-corrected chi connectivity index (χ3v) is 6.05. The largest absolute Gasteiger partial charge is 0.299 e. The second-order valence-corrected chi connectivity index (χ2v) is 8.14. The number of rotatable bonds is 12. The molecule has 0 radical (unpaired) electrons. The van der Waals surface area contributed by atoms with Crippen LogP contribution in [0, 0.1) is 11.7 Å². The molecule has 0 bridgehead atoms. The zero-order chi connectivity index (χ0) is 18.6. The number of Topliss-reactive ketones (excluding diaryl/α,β-unsaturated/α-hetero) is 1. The second kappa shape index (κ2) is 12.3. The van der Waals surface area contributed by atoms with Crippen molar-refractivity contribution in [3.05, 3.63) is 35.6 Å². The maximum Gasteiger partial charge on any atom is 0.135 e. The Morgan fingerprint density at radius 2 is 1.38 bits per heavy atom. The maximum atomic E-state index is 13.0. The van der Waals surface area contributed by atoms with Crippen molar-refractivity contribution in [1.29, 1.82) is 0 Å². The van der Waals surface area contributed by atoms with E-state index in [2.05, 4.69) is 6.92 Å². The van der Waals surface area contributed by atoms with Crippen LogP contribution in [-0.2, 0) is 4.79 Å². The minimum Gasteiger partial charge on any atom is -0.299 e. The lowest BCUT2D eigenvalue weighted by Crippen LogP contribution is -2.21. The van der Waals surface area contributed by atoms with Gasteiger partial charge in [-0.2, -0.15) is 0 Å². The molecule has 1 saturated carbocycles. The molecule has 0 N–H and O–H groups in total. The summed E-state index contributed by atoms with van der Waals surface area (Å²) in [6.45, 7) is 2.26. The maximum absolute atomic E-state index is 13.0. The van der Waals surface area contributed by atoms with Crippen molar-refractivity contribution >= 4 is 5.78 Å². The second-order valence-electron chi connectivity index (χ2n) is 8.14. The van der Waals surface area contributed by atoms with Crippen molar-refractivity contribution in [1.82, 2.24) is 0 Å². The average Bonchev–Trinajstić information content (AvgIpc) is 2.67. The van der Waals surface area contributed by atoms with E-state index in [0.29, 0.717) is 11.7 Å². The molecular formula is C24H37FO. The highest BCUT2D eigenvalue weighted by molar-refractivity contribution is 5.81. The van der Waals surface area contributed by atoms with Crippen molar-refractivity contribution in [3.63, 3.8) is 0 Å². The first-order chi connectivity index (χ1) is 12.7. The Labute approximate surface area is 159 Å². The summed E-state index contributed by atoms with van der Waals surface area (Å²) >= 11 is 0. The van der Waals surface area contributed by atoms with E-state index in [4.69, 9.17) is 0 Å². The Balaban J connectivity index is 1.53. The molecule has 1 aromatic rings. The van der Waals surface area contributed by atoms with Crippen molar-refractivity contribution in [2.75, 3.05) is 0 Å². The molecule has 0 atom stereocenters. The van der Waals surface area contributed by atoms with E-state index in [1.807, 2.05) is 12.1 Å². The zero-order valence-electron chi connectivity index (χ0n) is 16.6. The van der Waals surface area contributed by atoms with Crippen LogP contribution in [0.2, 0.25) is 0 Å². The van der Waals surface area contributed by atoms with E-state index in [9.17, 15) is 9.18 Å². The van der Waals surface area contributed by atoms with Gasteiger partial charge < -0.3 is 0 Å². The molecule has 0 amide bonds. The number of halogens is 1. The van der Waals surface area contributed by atoms with Crippen LogP contribution in [0.15, 0.2) is 24.3 Å². The normalized spacial score (nSPS) is 20.2. The number of carbonyl (C=O) groups excluding carboxylic acids is 1. The van der Waals surface area contributed by atoms with Crippen molar-refractivity contribution < 1.29 is 9.18 Å². The summed E-state index contributed by atoms with van der Waals surface area (Å²) in [5, 5.41) is 0. The van der Waals surface area contributed by atoms with Crippen molar-refractivity contribution in [2.24, 2.45) is 5.92 Å². The summed E-state index contributed by atoms with van der Waals surface area (Å²) in [5.41, 5.74) is 1.23. The molecule has 26 heavy (non-hydrogen) atoms. The number of carbonyl (C=O) groups is 1. The van der Waals surface area contributed by atoms with Crippen LogP contribution in [0.1, 0.15) is 108 Å². The molecule has 1 aliphatic rings. The van der Waals surface area contributed by atoms with Gasteiger partial charge in [0.25, 0.3) is 0 Å². The van der Waals surface area contributed by atoms with E-state index in [0.717, 1.165) is 38.5 Å². The minimum absolute atomic E-state index is 0.168. The summed E-state index contributed by atoms with van der Waals surface area (Å²) in [6, 6.07) is 6.92. The van der Waals surface area contributed by atoms with Gasteiger partial charge in [-0.1, -0.05) is 70.4 Å². The fourth-order valence-corrected chi connectivity index (χ4v) is 4.30. The quantitative estimate of drug-likeness (QED) is 0.351. The van der Waals surface area contributed by atoms with Gasteiger partial charge in [0.15, 0.2) is 0 Å². The summed E-state index contributed by atoms with van der Waals surface area (Å²) < 4.78 is 13.0. The lowest BCUT2D eigenvalue weighted by atomic mass is 9.76. The van der Waals surface area contributed by atoms with Gasteiger partial charge in [0, 0.05) is 12.3 Å². The molecular weight excluding hydrogens is 323 g/mol. The molecule has 2 heteroatoms. The minimum atomic E-state index is -0.168. The first kappa shape index (κ1) is 21.1. The van der Waals surface area contributed by atoms with Crippen LogP contribution < -0.4 is 0 Å². The van der Waals surface area contributed by atoms with Crippen molar-refractivity contribution in [3.8, 4) is 0 Å². The predicted octanol–water partition coefficient (Wildman–Crippen LogP) is 7.59. The van der Waals surface area contributed by atoms with E-state index < -0.39 is 0 Å². The van der Waals surface area contributed by atoms with Crippen LogP contribution >= 0.6 is 0 Å². The molecule has 0 saturated heterocycles. The molecule has 1 aromatic carbocycles. The van der Waals surface area contributed by atoms with E-state index in [1.165, 1.54) is 56.9 Å². The van der Waals surface area contributed by atoms with Crippen LogP contribution in [0.25, 0.3) is 0 Å². The summed E-state index contributed by atoms with van der Waals surface area (Å²) in [7, 11) is 0. The highest BCUT2D eigenvalue weighted by atomic mass is 19.1. The SMILES string of the molecule is CCCCCCCCCCCC(=O)[C@H]1CC[C@H](c2ccc(F)cc2)CC1. The van der Waals surface area contributed by atoms with E-state index in [-0.39, 0.29) is 11.7 Å². The first-order valence-corrected chi connectivity index (χ1v) is 11.0. The van der Waals surface area contributed by atoms with Gasteiger partial charge >= 0.3 is 0 Å². The fourth-order valence-electron chi connectivity index (χ4n) is 4.30. The Hall–Kier alpha value is -1.18. The van der Waals surface area contributed by atoms with Gasteiger partial charge in [-0.05, 0) is 55.7 Å². The number of ketones is 1. The molecule has 0 unspecified atom stereocenters. The van der Waals surface area contributed by atoms with E-state index in [1.54, 1.807) is 12.1 Å². The zero-order valence-corrected chi connectivity index (χ0v) is 16.6. The summed E-state index contributed by atoms with van der Waals surface area (Å²) in [4.78, 5) is 12.4. The monoisotopic (exact) mass is 360 g/mol. The molecule has 1 nitrogen and oxygen atoms in total. The Morgan fingerprint density at radius 3 is 1.96 bits per heavy atom. The number of benzene rings is 1. The molecule has 2 rings (SSSR count). The molecule has 0 spiro atoms. The van der Waals surface area contributed by atoms with Crippen LogP contribution in [0.5, 0.6) is 0 Å². The van der Waals surface area contributed by atoms with Crippen molar-refractivity contribution in [2.45, 2.75) is 103 Å². The van der Waals surface area contributed by atoms with Crippen LogP contribution in [-0.4, -0.2) is 5.78 Å². The van der Waals surface area contributed by atoms with Crippen LogP contribution in [0.4, 0.5) is 4.39 Å². The Bertz CT molecular complexity index is 499. The first-order valence-electron chi connectivity index (χ1n) is 11.0. The number of hydrogen-bond donors (Lipinski definition) is 0. The van der Waals surface area contributed by atoms with Crippen LogP contribution in [0.3, 0.4) is 0 Å². The molecule has 0 aliphatic heterocycles. The highest BCUT2D eigenvalue weighted by Crippen LogP contribution is 2.36. The lowest BCUT2D eigenvalue weighted by molar-refractivity contribution is -0.124. The van der Waals surface area contributed by atoms with Gasteiger partial charge in [-0.25, -0.2) is 4.39 Å². The predicted molar refractivity (Wildman–Crippen MR) is 108 cm³/mol. The lowest BCUT2D eigenvalue weighted by Gasteiger charge is -2.28. The Morgan fingerprint density at radius 1 is 0.846 bits per heavy atom. The van der Waals surface area contributed by atoms with Gasteiger partial charge in [-0.15, -0.1) is 0 Å². The van der Waals surface area contributed by atoms with Gasteiger partial charge in [0.05, 0.1) is 0 Å². The Kier molecular flexibility index (Phi) is 9.95. The molecule has 0 aromatic heterocycles. The average molecular weight is 361 g/mol. The smallest absolute Gasteiger partial charge is 0.135 e. The highest BCUT2D eigenvalue weighted by Gasteiger charge is 2.26.